The maximum absolute atomic E-state index is 13.9. The zero-order chi connectivity index (χ0) is 15.5. The van der Waals surface area contributed by atoms with Gasteiger partial charge in [0.15, 0.2) is 0 Å². The van der Waals surface area contributed by atoms with Crippen LogP contribution in [0.2, 0.25) is 0 Å². The highest BCUT2D eigenvalue weighted by Crippen LogP contribution is 2.39. The number of nitriles is 1. The van der Waals surface area contributed by atoms with Crippen LogP contribution in [-0.2, 0) is 0 Å². The van der Waals surface area contributed by atoms with Crippen molar-refractivity contribution in [2.24, 2.45) is 4.99 Å². The van der Waals surface area contributed by atoms with Gasteiger partial charge in [-0.3, -0.25) is 4.99 Å². The van der Waals surface area contributed by atoms with Gasteiger partial charge >= 0.3 is 0 Å². The van der Waals surface area contributed by atoms with Crippen molar-refractivity contribution in [1.29, 1.82) is 5.26 Å². The second-order valence-corrected chi connectivity index (χ2v) is 5.50. The van der Waals surface area contributed by atoms with E-state index in [4.69, 9.17) is 5.26 Å². The standard InChI is InChI=1S/C16H9F2N3S/c17-11-3-4-15(12(18)7-11)22-16(13-2-1-5-20-13)14-6-10(8-19)9-21-14/h1-7,9,20H/b16-14+. The smallest absolute Gasteiger partial charge is 0.140 e. The summed E-state index contributed by atoms with van der Waals surface area (Å²) in [5, 5.41) is 8.91. The van der Waals surface area contributed by atoms with Gasteiger partial charge < -0.3 is 4.98 Å². The number of hydrogen-bond acceptors (Lipinski definition) is 3. The summed E-state index contributed by atoms with van der Waals surface area (Å²) in [6.07, 6.45) is 4.83. The number of aliphatic imine (C=N–C) groups is 1. The molecule has 0 unspecified atom stereocenters. The van der Waals surface area contributed by atoms with Crippen molar-refractivity contribution in [3.05, 3.63) is 71.2 Å². The highest BCUT2D eigenvalue weighted by molar-refractivity contribution is 8.08. The zero-order valence-corrected chi connectivity index (χ0v) is 12.0. The molecule has 0 bridgehead atoms. The molecule has 6 heteroatoms. The van der Waals surface area contributed by atoms with E-state index in [1.54, 1.807) is 12.3 Å². The van der Waals surface area contributed by atoms with Gasteiger partial charge in [-0.15, -0.1) is 0 Å². The van der Waals surface area contributed by atoms with Gasteiger partial charge in [0.1, 0.15) is 17.7 Å². The van der Waals surface area contributed by atoms with Crippen molar-refractivity contribution in [2.45, 2.75) is 4.90 Å². The lowest BCUT2D eigenvalue weighted by atomic mass is 10.2. The van der Waals surface area contributed by atoms with Gasteiger partial charge in [-0.05, 0) is 30.3 Å². The summed E-state index contributed by atoms with van der Waals surface area (Å²) in [4.78, 5) is 8.18. The molecule has 1 aromatic heterocycles. The second kappa shape index (κ2) is 6.00. The Morgan fingerprint density at radius 1 is 1.27 bits per heavy atom. The van der Waals surface area contributed by atoms with E-state index < -0.39 is 11.6 Å². The Morgan fingerprint density at radius 2 is 2.14 bits per heavy atom. The first-order valence-corrected chi connectivity index (χ1v) is 7.16. The minimum Gasteiger partial charge on any atom is -0.361 e. The topological polar surface area (TPSA) is 51.9 Å². The molecule has 3 rings (SSSR count). The Labute approximate surface area is 129 Å². The van der Waals surface area contributed by atoms with Crippen LogP contribution in [0.15, 0.2) is 63.8 Å². The number of allylic oxidation sites excluding steroid dienone is 2. The molecular weight excluding hydrogens is 304 g/mol. The average Bonchev–Trinajstić information content (AvgIpc) is 3.18. The quantitative estimate of drug-likeness (QED) is 0.859. The van der Waals surface area contributed by atoms with Crippen LogP contribution in [0.1, 0.15) is 5.69 Å². The summed E-state index contributed by atoms with van der Waals surface area (Å²) in [7, 11) is 0. The SMILES string of the molecule is N#CC1=C/C(=C(\Sc2ccc(F)cc2F)c2ccc[nH]2)N=C1. The van der Waals surface area contributed by atoms with Crippen molar-refractivity contribution in [1.82, 2.24) is 4.98 Å². The molecule has 3 nitrogen and oxygen atoms in total. The van der Waals surface area contributed by atoms with Crippen molar-refractivity contribution < 1.29 is 8.78 Å². The fourth-order valence-electron chi connectivity index (χ4n) is 1.93. The van der Waals surface area contributed by atoms with E-state index in [-0.39, 0.29) is 4.90 Å². The number of H-pyrrole nitrogens is 1. The van der Waals surface area contributed by atoms with E-state index in [1.807, 2.05) is 18.2 Å². The first-order chi connectivity index (χ1) is 10.7. The van der Waals surface area contributed by atoms with E-state index in [1.165, 1.54) is 18.3 Å². The second-order valence-electron chi connectivity index (χ2n) is 4.44. The lowest BCUT2D eigenvalue weighted by Gasteiger charge is -2.08. The molecular formula is C16H9F2N3S. The van der Waals surface area contributed by atoms with Gasteiger partial charge in [-0.1, -0.05) is 11.8 Å². The molecule has 1 aliphatic rings. The Bertz CT molecular complexity index is 843. The highest BCUT2D eigenvalue weighted by atomic mass is 32.2. The Kier molecular flexibility index (Phi) is 3.90. The van der Waals surface area contributed by atoms with Crippen LogP contribution in [0.5, 0.6) is 0 Å². The van der Waals surface area contributed by atoms with Gasteiger partial charge in [0.05, 0.1) is 21.9 Å². The summed E-state index contributed by atoms with van der Waals surface area (Å²) in [5.41, 5.74) is 1.74. The number of nitrogens with one attached hydrogen (secondary N) is 1. The molecule has 108 valence electrons. The first-order valence-electron chi connectivity index (χ1n) is 6.34. The highest BCUT2D eigenvalue weighted by Gasteiger charge is 2.16. The monoisotopic (exact) mass is 313 g/mol. The summed E-state index contributed by atoms with van der Waals surface area (Å²) in [5.74, 6) is -1.26. The number of aromatic nitrogens is 1. The number of halogens is 2. The minimum absolute atomic E-state index is 0.285. The predicted molar refractivity (Wildman–Crippen MR) is 82.1 cm³/mol. The first kappa shape index (κ1) is 14.3. The summed E-state index contributed by atoms with van der Waals surface area (Å²) < 4.78 is 26.9. The molecule has 1 aromatic carbocycles. The lowest BCUT2D eigenvalue weighted by molar-refractivity contribution is 0.566. The number of thioether (sulfide) groups is 1. The molecule has 0 radical (unpaired) electrons. The van der Waals surface area contributed by atoms with Crippen LogP contribution in [0.3, 0.4) is 0 Å². The molecule has 1 aliphatic heterocycles. The molecule has 0 amide bonds. The zero-order valence-electron chi connectivity index (χ0n) is 11.2. The Morgan fingerprint density at radius 3 is 2.77 bits per heavy atom. The van der Waals surface area contributed by atoms with E-state index >= 15 is 0 Å². The molecule has 22 heavy (non-hydrogen) atoms. The molecule has 0 spiro atoms. The van der Waals surface area contributed by atoms with Gasteiger partial charge in [0.25, 0.3) is 0 Å². The molecule has 0 fully saturated rings. The average molecular weight is 313 g/mol. The third-order valence-corrected chi connectivity index (χ3v) is 4.13. The number of rotatable bonds is 3. The number of hydrogen-bond donors (Lipinski definition) is 1. The van der Waals surface area contributed by atoms with Crippen LogP contribution < -0.4 is 0 Å². The fourth-order valence-corrected chi connectivity index (χ4v) is 2.90. The normalized spacial score (nSPS) is 15.6. The third-order valence-electron chi connectivity index (χ3n) is 2.95. The Hall–Kier alpha value is -2.65. The van der Waals surface area contributed by atoms with Crippen LogP contribution in [0, 0.1) is 23.0 Å². The molecule has 2 aromatic rings. The van der Waals surface area contributed by atoms with Crippen molar-refractivity contribution >= 4 is 22.9 Å². The van der Waals surface area contributed by atoms with Crippen LogP contribution in [0.25, 0.3) is 4.91 Å². The van der Waals surface area contributed by atoms with Gasteiger partial charge in [0, 0.05) is 23.4 Å². The van der Waals surface area contributed by atoms with Crippen molar-refractivity contribution in [3.8, 4) is 6.07 Å². The van der Waals surface area contributed by atoms with Crippen LogP contribution >= 0.6 is 11.8 Å². The van der Waals surface area contributed by atoms with Gasteiger partial charge in [-0.25, -0.2) is 8.78 Å². The van der Waals surface area contributed by atoms with Crippen molar-refractivity contribution in [3.63, 3.8) is 0 Å². The third kappa shape index (κ3) is 2.85. The fraction of sp³-hybridized carbons (Fsp3) is 0. The number of aromatic amines is 1. The number of nitrogens with zero attached hydrogens (tertiary/aromatic N) is 2. The maximum Gasteiger partial charge on any atom is 0.140 e. The van der Waals surface area contributed by atoms with E-state index in [0.717, 1.165) is 23.5 Å². The van der Waals surface area contributed by atoms with E-state index in [0.29, 0.717) is 16.2 Å². The van der Waals surface area contributed by atoms with Crippen LogP contribution in [-0.4, -0.2) is 11.2 Å². The molecule has 1 N–H and O–H groups in total. The molecule has 2 heterocycles. The molecule has 0 saturated heterocycles. The summed E-state index contributed by atoms with van der Waals surface area (Å²) in [6.45, 7) is 0. The van der Waals surface area contributed by atoms with Gasteiger partial charge in [0.2, 0.25) is 0 Å². The minimum atomic E-state index is -0.638. The van der Waals surface area contributed by atoms with Crippen LogP contribution in [0.4, 0.5) is 8.78 Å². The molecule has 0 atom stereocenters. The van der Waals surface area contributed by atoms with E-state index in [2.05, 4.69) is 9.98 Å². The predicted octanol–water partition coefficient (Wildman–Crippen LogP) is 4.29. The summed E-state index contributed by atoms with van der Waals surface area (Å²) >= 11 is 1.13. The van der Waals surface area contributed by atoms with E-state index in [9.17, 15) is 8.78 Å². The summed E-state index contributed by atoms with van der Waals surface area (Å²) in [6, 6.07) is 9.07. The largest absolute Gasteiger partial charge is 0.361 e. The lowest BCUT2D eigenvalue weighted by Crippen LogP contribution is -1.88. The number of benzene rings is 1. The maximum atomic E-state index is 13.9. The Balaban J connectivity index is 2.05. The van der Waals surface area contributed by atoms with Crippen molar-refractivity contribution in [2.75, 3.05) is 0 Å². The van der Waals surface area contributed by atoms with Gasteiger partial charge in [-0.2, -0.15) is 5.26 Å². The molecule has 0 saturated carbocycles. The molecule has 0 aliphatic carbocycles.